The van der Waals surface area contributed by atoms with E-state index in [9.17, 15) is 0 Å². The lowest BCUT2D eigenvalue weighted by molar-refractivity contribution is 0.400. The molecule has 1 aliphatic heterocycles. The van der Waals surface area contributed by atoms with Gasteiger partial charge in [0.2, 0.25) is 0 Å². The smallest absolute Gasteiger partial charge is 0.128 e. The van der Waals surface area contributed by atoms with E-state index < -0.39 is 0 Å². The molecule has 28 heavy (non-hydrogen) atoms. The van der Waals surface area contributed by atoms with E-state index in [2.05, 4.69) is 92.6 Å². The van der Waals surface area contributed by atoms with Gasteiger partial charge in [0.1, 0.15) is 12.1 Å². The average Bonchev–Trinajstić information content (AvgIpc) is 3.04. The SMILES string of the molecule is CC(C)c1cc(C(C)C)c(-c2cccc3c2[P@](C(C)(C)C)CO3)c(C(C)C)c1. The fourth-order valence-electron chi connectivity index (χ4n) is 4.11. The van der Waals surface area contributed by atoms with Crippen molar-refractivity contribution in [2.24, 2.45) is 0 Å². The summed E-state index contributed by atoms with van der Waals surface area (Å²) in [5.41, 5.74) is 7.31. The maximum atomic E-state index is 6.19. The van der Waals surface area contributed by atoms with Gasteiger partial charge < -0.3 is 4.74 Å². The summed E-state index contributed by atoms with van der Waals surface area (Å²) in [5, 5.41) is 1.72. The van der Waals surface area contributed by atoms with Crippen molar-refractivity contribution in [2.75, 3.05) is 6.35 Å². The lowest BCUT2D eigenvalue weighted by Gasteiger charge is -2.29. The average molecular weight is 397 g/mol. The van der Waals surface area contributed by atoms with Gasteiger partial charge in [-0.3, -0.25) is 0 Å². The Morgan fingerprint density at radius 3 is 1.89 bits per heavy atom. The highest BCUT2D eigenvalue weighted by molar-refractivity contribution is 7.67. The zero-order chi connectivity index (χ0) is 20.8. The van der Waals surface area contributed by atoms with Gasteiger partial charge >= 0.3 is 0 Å². The van der Waals surface area contributed by atoms with Crippen molar-refractivity contribution in [3.63, 3.8) is 0 Å². The van der Waals surface area contributed by atoms with Crippen LogP contribution in [0.3, 0.4) is 0 Å². The van der Waals surface area contributed by atoms with Crippen molar-refractivity contribution in [1.82, 2.24) is 0 Å². The summed E-state index contributed by atoms with van der Waals surface area (Å²) in [6, 6.07) is 11.6. The summed E-state index contributed by atoms with van der Waals surface area (Å²) in [4.78, 5) is 0. The normalized spacial score (nSPS) is 16.8. The molecule has 0 radical (unpaired) electrons. The Morgan fingerprint density at radius 2 is 1.43 bits per heavy atom. The van der Waals surface area contributed by atoms with Crippen molar-refractivity contribution in [3.05, 3.63) is 47.0 Å². The second-order valence-corrected chi connectivity index (χ2v) is 13.0. The van der Waals surface area contributed by atoms with Crippen molar-refractivity contribution in [1.29, 1.82) is 0 Å². The van der Waals surface area contributed by atoms with Crippen molar-refractivity contribution >= 4 is 13.2 Å². The predicted molar refractivity (Wildman–Crippen MR) is 126 cm³/mol. The van der Waals surface area contributed by atoms with E-state index in [1.165, 1.54) is 33.1 Å². The second kappa shape index (κ2) is 7.83. The Labute approximate surface area is 173 Å². The highest BCUT2D eigenvalue weighted by atomic mass is 31.1. The molecule has 0 aromatic heterocycles. The van der Waals surface area contributed by atoms with Gasteiger partial charge in [-0.2, -0.15) is 0 Å². The van der Waals surface area contributed by atoms with Gasteiger partial charge in [0.25, 0.3) is 0 Å². The molecule has 0 unspecified atom stereocenters. The van der Waals surface area contributed by atoms with E-state index in [1.807, 2.05) is 0 Å². The maximum absolute atomic E-state index is 6.19. The monoisotopic (exact) mass is 396 g/mol. The number of hydrogen-bond acceptors (Lipinski definition) is 1. The molecule has 1 heterocycles. The van der Waals surface area contributed by atoms with Crippen LogP contribution in [0.25, 0.3) is 11.1 Å². The van der Waals surface area contributed by atoms with Crippen LogP contribution in [0.1, 0.15) is 96.8 Å². The molecule has 0 N–H and O–H groups in total. The van der Waals surface area contributed by atoms with Gasteiger partial charge in [-0.05, 0) is 64.7 Å². The zero-order valence-corrected chi connectivity index (χ0v) is 20.1. The minimum absolute atomic E-state index is 0.241. The van der Waals surface area contributed by atoms with E-state index in [1.54, 1.807) is 0 Å². The van der Waals surface area contributed by atoms with Crippen LogP contribution in [-0.2, 0) is 0 Å². The Kier molecular flexibility index (Phi) is 5.98. The molecule has 152 valence electrons. The van der Waals surface area contributed by atoms with Crippen LogP contribution < -0.4 is 10.0 Å². The van der Waals surface area contributed by atoms with E-state index in [4.69, 9.17) is 4.74 Å². The first-order valence-electron chi connectivity index (χ1n) is 10.7. The van der Waals surface area contributed by atoms with E-state index in [0.29, 0.717) is 17.8 Å². The fraction of sp³-hybridized carbons (Fsp3) is 0.538. The molecule has 2 aromatic rings. The third kappa shape index (κ3) is 3.88. The molecule has 0 amide bonds. The highest BCUT2D eigenvalue weighted by Crippen LogP contribution is 2.56. The molecule has 2 heteroatoms. The van der Waals surface area contributed by atoms with Gasteiger partial charge in [0.15, 0.2) is 0 Å². The van der Waals surface area contributed by atoms with E-state index in [-0.39, 0.29) is 13.1 Å². The second-order valence-electron chi connectivity index (χ2n) is 10.1. The molecular formula is C26H37OP. The zero-order valence-electron chi connectivity index (χ0n) is 19.2. The minimum Gasteiger partial charge on any atom is -0.488 e. The first-order chi connectivity index (χ1) is 13.0. The van der Waals surface area contributed by atoms with Crippen molar-refractivity contribution in [2.45, 2.75) is 85.2 Å². The highest BCUT2D eigenvalue weighted by Gasteiger charge is 2.36. The standard InChI is InChI=1S/C26H37OP/c1-16(2)19-13-21(17(3)4)24(22(14-19)18(5)6)20-11-10-12-23-25(20)28(15-27-23)26(7,8)9/h10-14,16-18H,15H2,1-9H3/t28-/m1/s1. The minimum atomic E-state index is -0.352. The molecule has 0 aliphatic carbocycles. The van der Waals surface area contributed by atoms with Crippen LogP contribution in [0, 0.1) is 0 Å². The van der Waals surface area contributed by atoms with Gasteiger partial charge in [0.05, 0.1) is 0 Å². The van der Waals surface area contributed by atoms with Crippen LogP contribution >= 0.6 is 7.92 Å². The van der Waals surface area contributed by atoms with Crippen LogP contribution in [0.5, 0.6) is 5.75 Å². The molecule has 2 aromatic carbocycles. The largest absolute Gasteiger partial charge is 0.488 e. The molecule has 0 fully saturated rings. The lowest BCUT2D eigenvalue weighted by atomic mass is 9.82. The molecule has 0 spiro atoms. The summed E-state index contributed by atoms with van der Waals surface area (Å²) in [7, 11) is -0.352. The van der Waals surface area contributed by atoms with Crippen LogP contribution in [0.4, 0.5) is 0 Å². The van der Waals surface area contributed by atoms with Gasteiger partial charge in [-0.15, -0.1) is 0 Å². The Hall–Kier alpha value is -1.33. The third-order valence-electron chi connectivity index (χ3n) is 5.83. The maximum Gasteiger partial charge on any atom is 0.128 e. The topological polar surface area (TPSA) is 9.23 Å². The Morgan fingerprint density at radius 1 is 0.857 bits per heavy atom. The summed E-state index contributed by atoms with van der Waals surface area (Å²) in [5.74, 6) is 2.63. The van der Waals surface area contributed by atoms with Crippen LogP contribution in [-0.4, -0.2) is 11.5 Å². The molecule has 0 bridgehead atoms. The van der Waals surface area contributed by atoms with Gasteiger partial charge in [-0.25, -0.2) is 0 Å². The van der Waals surface area contributed by atoms with Crippen molar-refractivity contribution < 1.29 is 4.74 Å². The van der Waals surface area contributed by atoms with E-state index in [0.717, 1.165) is 12.1 Å². The fourth-order valence-corrected chi connectivity index (χ4v) is 6.45. The predicted octanol–water partition coefficient (Wildman–Crippen LogP) is 7.98. The molecule has 1 atom stereocenters. The molecule has 3 rings (SSSR count). The Balaban J connectivity index is 2.36. The summed E-state index contributed by atoms with van der Waals surface area (Å²) < 4.78 is 6.19. The van der Waals surface area contributed by atoms with Crippen LogP contribution in [0.2, 0.25) is 0 Å². The molecule has 0 saturated heterocycles. The first kappa shape index (κ1) is 21.4. The van der Waals surface area contributed by atoms with E-state index >= 15 is 0 Å². The summed E-state index contributed by atoms with van der Waals surface area (Å²) >= 11 is 0. The Bertz CT molecular complexity index is 826. The van der Waals surface area contributed by atoms with Crippen molar-refractivity contribution in [3.8, 4) is 16.9 Å². The van der Waals surface area contributed by atoms with Crippen LogP contribution in [0.15, 0.2) is 30.3 Å². The number of ether oxygens (including phenoxy) is 1. The molecule has 0 saturated carbocycles. The first-order valence-corrected chi connectivity index (χ1v) is 12.3. The number of fused-ring (bicyclic) bond motifs is 1. The number of rotatable bonds is 4. The summed E-state index contributed by atoms with van der Waals surface area (Å²) in [6.45, 7) is 21.0. The lowest BCUT2D eigenvalue weighted by Crippen LogP contribution is -2.19. The number of benzene rings is 2. The third-order valence-corrected chi connectivity index (χ3v) is 8.84. The summed E-state index contributed by atoms with van der Waals surface area (Å²) in [6.07, 6.45) is 0.850. The molecule has 1 aliphatic rings. The number of hydrogen-bond donors (Lipinski definition) is 0. The van der Waals surface area contributed by atoms with Gasteiger partial charge in [-0.1, -0.05) is 86.6 Å². The molecular weight excluding hydrogens is 359 g/mol. The molecule has 1 nitrogen and oxygen atoms in total. The quantitative estimate of drug-likeness (QED) is 0.476. The van der Waals surface area contributed by atoms with Gasteiger partial charge in [0, 0.05) is 5.30 Å².